The predicted molar refractivity (Wildman–Crippen MR) is 88.3 cm³/mol. The summed E-state index contributed by atoms with van der Waals surface area (Å²) in [6, 6.07) is 9.48. The van der Waals surface area contributed by atoms with Crippen LogP contribution in [0.25, 0.3) is 6.08 Å². The molecule has 2 rings (SSSR count). The molecule has 120 valence electrons. The fraction of sp³-hybridized carbons (Fsp3) is 0. The molecule has 0 radical (unpaired) electrons. The van der Waals surface area contributed by atoms with Gasteiger partial charge >= 0.3 is 0 Å². The van der Waals surface area contributed by atoms with E-state index in [2.05, 4.69) is 0 Å². The average Bonchev–Trinajstić information content (AvgIpc) is 2.46. The standard InChI is InChI=1S/C15H10Cl2FNO3S/c16-11-3-1-10(2-4-11)7-8-23(21,22)19-15(20)13-6-5-12(18)9-14(13)17/h1-9H,(H,19,20). The third-order valence-corrected chi connectivity index (χ3v) is 4.25. The van der Waals surface area contributed by atoms with Gasteiger partial charge in [0.1, 0.15) is 5.82 Å². The molecule has 0 aliphatic rings. The van der Waals surface area contributed by atoms with Crippen LogP contribution in [-0.2, 0) is 10.0 Å². The maximum absolute atomic E-state index is 12.9. The maximum Gasteiger partial charge on any atom is 0.266 e. The van der Waals surface area contributed by atoms with Crippen molar-refractivity contribution in [2.75, 3.05) is 0 Å². The Labute approximate surface area is 142 Å². The van der Waals surface area contributed by atoms with Gasteiger partial charge in [-0.25, -0.2) is 17.5 Å². The lowest BCUT2D eigenvalue weighted by molar-refractivity contribution is 0.0982. The number of hydrogen-bond donors (Lipinski definition) is 1. The van der Waals surface area contributed by atoms with Gasteiger partial charge in [0.05, 0.1) is 16.0 Å². The molecule has 1 amide bonds. The number of carbonyl (C=O) groups is 1. The summed E-state index contributed by atoms with van der Waals surface area (Å²) < 4.78 is 38.5. The van der Waals surface area contributed by atoms with E-state index in [1.807, 2.05) is 4.72 Å². The number of nitrogens with one attached hydrogen (secondary N) is 1. The molecule has 2 aromatic rings. The second-order valence-corrected chi connectivity index (χ2v) is 6.86. The second-order valence-electron chi connectivity index (χ2n) is 4.45. The van der Waals surface area contributed by atoms with E-state index in [0.29, 0.717) is 10.6 Å². The Bertz CT molecular complexity index is 865. The average molecular weight is 374 g/mol. The molecule has 0 aromatic heterocycles. The van der Waals surface area contributed by atoms with Crippen molar-refractivity contribution in [1.29, 1.82) is 0 Å². The highest BCUT2D eigenvalue weighted by Crippen LogP contribution is 2.17. The summed E-state index contributed by atoms with van der Waals surface area (Å²) >= 11 is 11.4. The minimum absolute atomic E-state index is 0.142. The van der Waals surface area contributed by atoms with Gasteiger partial charge in [0.2, 0.25) is 0 Å². The molecule has 1 N–H and O–H groups in total. The van der Waals surface area contributed by atoms with E-state index in [1.165, 1.54) is 6.08 Å². The van der Waals surface area contributed by atoms with Crippen LogP contribution in [0.4, 0.5) is 4.39 Å². The third-order valence-electron chi connectivity index (χ3n) is 2.72. The molecule has 0 saturated heterocycles. The van der Waals surface area contributed by atoms with Gasteiger partial charge in [-0.2, -0.15) is 0 Å². The molecule has 0 unspecified atom stereocenters. The summed E-state index contributed by atoms with van der Waals surface area (Å²) in [7, 11) is -4.03. The van der Waals surface area contributed by atoms with E-state index >= 15 is 0 Å². The molecule has 0 spiro atoms. The number of carbonyl (C=O) groups excluding carboxylic acids is 1. The summed E-state index contributed by atoms with van der Waals surface area (Å²) in [5, 5.41) is 1.18. The van der Waals surface area contributed by atoms with Crippen LogP contribution >= 0.6 is 23.2 Å². The zero-order valence-corrected chi connectivity index (χ0v) is 13.8. The SMILES string of the molecule is O=C(NS(=O)(=O)C=Cc1ccc(Cl)cc1)c1ccc(F)cc1Cl. The summed E-state index contributed by atoms with van der Waals surface area (Å²) in [6.07, 6.45) is 1.30. The van der Waals surface area contributed by atoms with Gasteiger partial charge in [-0.1, -0.05) is 35.3 Å². The molecule has 0 aliphatic carbocycles. The summed E-state index contributed by atoms with van der Waals surface area (Å²) in [5.74, 6) is -1.58. The van der Waals surface area contributed by atoms with E-state index in [-0.39, 0.29) is 10.6 Å². The Kier molecular flexibility index (Phi) is 5.41. The van der Waals surface area contributed by atoms with E-state index in [9.17, 15) is 17.6 Å². The van der Waals surface area contributed by atoms with Crippen LogP contribution in [0.5, 0.6) is 0 Å². The molecule has 0 aliphatic heterocycles. The predicted octanol–water partition coefficient (Wildman–Crippen LogP) is 3.86. The fourth-order valence-corrected chi connectivity index (χ4v) is 2.79. The lowest BCUT2D eigenvalue weighted by Crippen LogP contribution is -2.29. The first-order chi connectivity index (χ1) is 10.8. The van der Waals surface area contributed by atoms with E-state index in [4.69, 9.17) is 23.2 Å². The Morgan fingerprint density at radius 2 is 1.74 bits per heavy atom. The first kappa shape index (κ1) is 17.5. The topological polar surface area (TPSA) is 63.2 Å². The normalized spacial score (nSPS) is 11.6. The molecular weight excluding hydrogens is 364 g/mol. The minimum atomic E-state index is -4.03. The Morgan fingerprint density at radius 3 is 2.35 bits per heavy atom. The largest absolute Gasteiger partial charge is 0.268 e. The van der Waals surface area contributed by atoms with E-state index in [0.717, 1.165) is 23.6 Å². The number of rotatable bonds is 4. The quantitative estimate of drug-likeness (QED) is 0.884. The Hall–Kier alpha value is -1.89. The Balaban J connectivity index is 2.14. The molecule has 4 nitrogen and oxygen atoms in total. The molecule has 2 aromatic carbocycles. The molecule has 8 heteroatoms. The highest BCUT2D eigenvalue weighted by molar-refractivity contribution is 7.93. The van der Waals surface area contributed by atoms with Crippen LogP contribution in [-0.4, -0.2) is 14.3 Å². The number of sulfonamides is 1. The highest BCUT2D eigenvalue weighted by atomic mass is 35.5. The second kappa shape index (κ2) is 7.12. The van der Waals surface area contributed by atoms with Crippen LogP contribution < -0.4 is 4.72 Å². The van der Waals surface area contributed by atoms with Crippen molar-refractivity contribution >= 4 is 45.2 Å². The zero-order valence-electron chi connectivity index (χ0n) is 11.5. The smallest absolute Gasteiger partial charge is 0.266 e. The fourth-order valence-electron chi connectivity index (χ4n) is 1.63. The van der Waals surface area contributed by atoms with Crippen LogP contribution in [0, 0.1) is 5.82 Å². The first-order valence-corrected chi connectivity index (χ1v) is 8.53. The Morgan fingerprint density at radius 1 is 1.09 bits per heavy atom. The lowest BCUT2D eigenvalue weighted by atomic mass is 10.2. The molecule has 23 heavy (non-hydrogen) atoms. The molecule has 0 fully saturated rings. The van der Waals surface area contributed by atoms with E-state index < -0.39 is 21.7 Å². The summed E-state index contributed by atoms with van der Waals surface area (Å²) in [6.45, 7) is 0. The number of benzene rings is 2. The van der Waals surface area contributed by atoms with Crippen molar-refractivity contribution in [2.45, 2.75) is 0 Å². The van der Waals surface area contributed by atoms with Gasteiger partial charge in [-0.3, -0.25) is 4.79 Å². The number of halogens is 3. The van der Waals surface area contributed by atoms with Crippen LogP contribution in [0.1, 0.15) is 15.9 Å². The van der Waals surface area contributed by atoms with Gasteiger partial charge in [0.15, 0.2) is 0 Å². The molecular formula is C15H10Cl2FNO3S. The summed E-state index contributed by atoms with van der Waals surface area (Å²) in [4.78, 5) is 11.9. The van der Waals surface area contributed by atoms with E-state index in [1.54, 1.807) is 24.3 Å². The monoisotopic (exact) mass is 373 g/mol. The highest BCUT2D eigenvalue weighted by Gasteiger charge is 2.16. The van der Waals surface area contributed by atoms with Gasteiger partial charge in [-0.15, -0.1) is 0 Å². The van der Waals surface area contributed by atoms with Crippen LogP contribution in [0.3, 0.4) is 0 Å². The molecule has 0 atom stereocenters. The van der Waals surface area contributed by atoms with Gasteiger partial charge in [-0.05, 0) is 42.0 Å². The van der Waals surface area contributed by atoms with Crippen molar-refractivity contribution in [2.24, 2.45) is 0 Å². The first-order valence-electron chi connectivity index (χ1n) is 6.23. The van der Waals surface area contributed by atoms with Crippen molar-refractivity contribution in [3.8, 4) is 0 Å². The van der Waals surface area contributed by atoms with Crippen molar-refractivity contribution in [3.63, 3.8) is 0 Å². The molecule has 0 bridgehead atoms. The van der Waals surface area contributed by atoms with Gasteiger partial charge in [0, 0.05) is 5.02 Å². The maximum atomic E-state index is 12.9. The zero-order chi connectivity index (χ0) is 17.0. The van der Waals surface area contributed by atoms with Crippen molar-refractivity contribution in [3.05, 3.63) is 74.9 Å². The van der Waals surface area contributed by atoms with Crippen molar-refractivity contribution < 1.29 is 17.6 Å². The molecule has 0 saturated carbocycles. The van der Waals surface area contributed by atoms with Crippen LogP contribution in [0.2, 0.25) is 10.0 Å². The number of amides is 1. The lowest BCUT2D eigenvalue weighted by Gasteiger charge is -2.05. The van der Waals surface area contributed by atoms with Crippen molar-refractivity contribution in [1.82, 2.24) is 4.72 Å². The number of hydrogen-bond acceptors (Lipinski definition) is 3. The van der Waals surface area contributed by atoms with Gasteiger partial charge in [0.25, 0.3) is 15.9 Å². The van der Waals surface area contributed by atoms with Gasteiger partial charge < -0.3 is 0 Å². The summed E-state index contributed by atoms with van der Waals surface area (Å²) in [5.41, 5.74) is 0.448. The molecule has 0 heterocycles. The van der Waals surface area contributed by atoms with Crippen LogP contribution in [0.15, 0.2) is 47.9 Å². The minimum Gasteiger partial charge on any atom is -0.268 e. The third kappa shape index (κ3) is 5.06.